The summed E-state index contributed by atoms with van der Waals surface area (Å²) in [6.07, 6.45) is 9.55. The van der Waals surface area contributed by atoms with Crippen molar-refractivity contribution in [2.45, 2.75) is 32.6 Å². The predicted molar refractivity (Wildman–Crippen MR) is 75.4 cm³/mol. The molecule has 0 saturated carbocycles. The monoisotopic (exact) mass is 406 g/mol. The first kappa shape index (κ1) is 11.8. The van der Waals surface area contributed by atoms with E-state index in [-0.39, 0.29) is 16.6 Å². The molecule has 0 amide bonds. The van der Waals surface area contributed by atoms with E-state index in [0.717, 1.165) is 6.61 Å². The number of hydrogen-bond acceptors (Lipinski definition) is 1. The van der Waals surface area contributed by atoms with E-state index in [9.17, 15) is 0 Å². The lowest BCUT2D eigenvalue weighted by molar-refractivity contribution is 0.236. The summed E-state index contributed by atoms with van der Waals surface area (Å²) < 4.78 is 9.38. The molecule has 0 N–H and O–H groups in total. The van der Waals surface area contributed by atoms with Crippen LogP contribution >= 0.6 is 33.2 Å². The number of halogens is 2. The Morgan fingerprint density at radius 2 is 2.23 bits per heavy atom. The summed E-state index contributed by atoms with van der Waals surface area (Å²) in [6, 6.07) is 0. The summed E-state index contributed by atoms with van der Waals surface area (Å²) in [6.45, 7) is 3.19. The lowest BCUT2D eigenvalue weighted by Crippen LogP contribution is -1.90. The van der Waals surface area contributed by atoms with Crippen molar-refractivity contribution in [1.29, 1.82) is 0 Å². The summed E-state index contributed by atoms with van der Waals surface area (Å²) >= 11 is 0.666. The minimum atomic E-state index is 0.285. The van der Waals surface area contributed by atoms with Gasteiger partial charge in [0.15, 0.2) is 3.77 Å². The van der Waals surface area contributed by atoms with Crippen LogP contribution in [0.3, 0.4) is 0 Å². The minimum Gasteiger partial charge on any atom is -0.488 e. The molecule has 1 rings (SSSR count). The van der Waals surface area contributed by atoms with E-state index in [4.69, 9.17) is 4.74 Å². The molecule has 0 saturated heterocycles. The zero-order valence-electron chi connectivity index (χ0n) is 7.93. The van der Waals surface area contributed by atoms with Gasteiger partial charge >= 0.3 is 0 Å². The third-order valence-corrected chi connectivity index (χ3v) is 9.79. The molecule has 0 atom stereocenters. The number of unbranched alkanes of at least 4 members (excludes halogenated alkanes) is 3. The SMILES string of the molecule is CCCCCCOC1=CC=CI=I1. The van der Waals surface area contributed by atoms with Crippen LogP contribution in [0.4, 0.5) is 0 Å². The number of rotatable bonds is 6. The topological polar surface area (TPSA) is 9.23 Å². The van der Waals surface area contributed by atoms with Gasteiger partial charge in [-0.3, -0.25) is 0 Å². The maximum atomic E-state index is 5.72. The van der Waals surface area contributed by atoms with Gasteiger partial charge < -0.3 is 4.74 Å². The molecule has 0 aromatic heterocycles. The highest BCUT2D eigenvalue weighted by Crippen LogP contribution is 2.32. The van der Waals surface area contributed by atoms with Gasteiger partial charge in [0, 0.05) is 0 Å². The first-order valence-electron chi connectivity index (χ1n) is 4.71. The Bertz CT molecular complexity index is 219. The van der Waals surface area contributed by atoms with E-state index in [2.05, 4.69) is 23.2 Å². The third-order valence-electron chi connectivity index (χ3n) is 1.70. The van der Waals surface area contributed by atoms with Crippen molar-refractivity contribution in [3.63, 3.8) is 0 Å². The van der Waals surface area contributed by atoms with E-state index in [0.29, 0.717) is 16.6 Å². The Labute approximate surface area is 96.3 Å². The van der Waals surface area contributed by atoms with Crippen LogP contribution in [0.25, 0.3) is 0 Å². The van der Waals surface area contributed by atoms with Gasteiger partial charge in [0.2, 0.25) is 0 Å². The van der Waals surface area contributed by atoms with E-state index < -0.39 is 0 Å². The average molecular weight is 406 g/mol. The van der Waals surface area contributed by atoms with Crippen LogP contribution in [0.5, 0.6) is 0 Å². The van der Waals surface area contributed by atoms with Crippen molar-refractivity contribution in [2.24, 2.45) is 0 Å². The average Bonchev–Trinajstić information content (AvgIpc) is 2.19. The molecule has 0 bridgehead atoms. The first-order valence-corrected chi connectivity index (χ1v) is 13.3. The van der Waals surface area contributed by atoms with E-state index in [1.165, 1.54) is 29.4 Å². The Morgan fingerprint density at radius 1 is 1.31 bits per heavy atom. The summed E-state index contributed by atoms with van der Waals surface area (Å²) in [5.74, 6) is 0. The number of ether oxygens (including phenoxy) is 1. The van der Waals surface area contributed by atoms with Gasteiger partial charge in [-0.2, -0.15) is 0 Å². The fourth-order valence-electron chi connectivity index (χ4n) is 0.995. The van der Waals surface area contributed by atoms with Crippen molar-refractivity contribution in [2.75, 3.05) is 6.61 Å². The molecular weight excluding hydrogens is 390 g/mol. The van der Waals surface area contributed by atoms with Crippen LogP contribution in [0.15, 0.2) is 20.0 Å². The number of allylic oxidation sites excluding steroid dienone is 2. The molecule has 0 aliphatic carbocycles. The van der Waals surface area contributed by atoms with Crippen LogP contribution in [0.1, 0.15) is 32.6 Å². The van der Waals surface area contributed by atoms with Gasteiger partial charge in [-0.1, -0.05) is 32.3 Å². The standard InChI is InChI=1S/C10H16I2O/c1-2-3-4-5-9-13-10-7-6-8-11-12-10/h6-8H,2-5,9H2,1H3. The maximum Gasteiger partial charge on any atom is 0.156 e. The Kier molecular flexibility index (Phi) is 7.34. The molecule has 13 heavy (non-hydrogen) atoms. The summed E-state index contributed by atoms with van der Waals surface area (Å²) in [5, 5.41) is 0. The fourth-order valence-corrected chi connectivity index (χ4v) is 7.63. The van der Waals surface area contributed by atoms with Gasteiger partial charge in [0.1, 0.15) is 0 Å². The van der Waals surface area contributed by atoms with Crippen molar-refractivity contribution in [1.82, 2.24) is 0 Å². The highest BCUT2D eigenvalue weighted by molar-refractivity contribution is 14.8. The highest BCUT2D eigenvalue weighted by atomic mass is 128. The zero-order chi connectivity index (χ0) is 9.36. The second kappa shape index (κ2) is 8.08. The molecule has 0 aromatic carbocycles. The molecule has 1 nitrogen and oxygen atoms in total. The molecule has 1 heterocycles. The molecule has 1 aliphatic rings. The lowest BCUT2D eigenvalue weighted by atomic mass is 10.2. The highest BCUT2D eigenvalue weighted by Gasteiger charge is 1.95. The van der Waals surface area contributed by atoms with Gasteiger partial charge in [0.25, 0.3) is 0 Å². The minimum absolute atomic E-state index is 0.285. The molecule has 0 spiro atoms. The van der Waals surface area contributed by atoms with Gasteiger partial charge in [-0.15, -0.1) is 0 Å². The summed E-state index contributed by atoms with van der Waals surface area (Å²) in [4.78, 5) is 0. The van der Waals surface area contributed by atoms with Crippen molar-refractivity contribution < 1.29 is 4.74 Å². The summed E-state index contributed by atoms with van der Waals surface area (Å²) in [7, 11) is 0. The van der Waals surface area contributed by atoms with Crippen LogP contribution in [-0.2, 0) is 4.74 Å². The third kappa shape index (κ3) is 5.93. The molecule has 76 valence electrons. The van der Waals surface area contributed by atoms with Crippen molar-refractivity contribution in [3.8, 4) is 0 Å². The normalized spacial score (nSPS) is 15.6. The molecule has 0 fully saturated rings. The largest absolute Gasteiger partial charge is 0.488 e. The van der Waals surface area contributed by atoms with E-state index in [1.807, 2.05) is 0 Å². The maximum absolute atomic E-state index is 5.72. The lowest BCUT2D eigenvalue weighted by Gasteiger charge is -2.05. The van der Waals surface area contributed by atoms with E-state index >= 15 is 0 Å². The predicted octanol–water partition coefficient (Wildman–Crippen LogP) is 4.81. The Morgan fingerprint density at radius 3 is 2.92 bits per heavy atom. The zero-order valence-corrected chi connectivity index (χ0v) is 12.2. The van der Waals surface area contributed by atoms with Crippen LogP contribution in [0, 0.1) is 0 Å². The molecule has 3 heteroatoms. The second-order valence-electron chi connectivity index (χ2n) is 2.85. The molecular formula is C10H16I2O. The van der Waals surface area contributed by atoms with Crippen molar-refractivity contribution >= 4 is 33.2 Å². The van der Waals surface area contributed by atoms with E-state index in [1.54, 1.807) is 0 Å². The van der Waals surface area contributed by atoms with Gasteiger partial charge in [-0.25, -0.2) is 0 Å². The van der Waals surface area contributed by atoms with Gasteiger partial charge in [-0.05, 0) is 49.8 Å². The first-order chi connectivity index (χ1) is 6.43. The Balaban J connectivity index is 2.03. The second-order valence-corrected chi connectivity index (χ2v) is 11.4. The van der Waals surface area contributed by atoms with Crippen LogP contribution in [0.2, 0.25) is 0 Å². The molecule has 0 radical (unpaired) electrons. The molecule has 1 aliphatic heterocycles. The Hall–Kier alpha value is 0.740. The van der Waals surface area contributed by atoms with Crippen LogP contribution < -0.4 is 0 Å². The quantitative estimate of drug-likeness (QED) is 0.455. The smallest absolute Gasteiger partial charge is 0.156 e. The van der Waals surface area contributed by atoms with Crippen LogP contribution in [-0.4, -0.2) is 6.61 Å². The molecule has 0 unspecified atom stereocenters. The van der Waals surface area contributed by atoms with Gasteiger partial charge in [0.05, 0.1) is 6.61 Å². The fraction of sp³-hybridized carbons (Fsp3) is 0.600. The van der Waals surface area contributed by atoms with Crippen molar-refractivity contribution in [3.05, 3.63) is 20.0 Å². The molecule has 0 aromatic rings. The summed E-state index contributed by atoms with van der Waals surface area (Å²) in [5.41, 5.74) is 0. The number of hydrogen-bond donors (Lipinski definition) is 0.